The summed E-state index contributed by atoms with van der Waals surface area (Å²) in [5.41, 5.74) is 1.12. The van der Waals surface area contributed by atoms with E-state index >= 15 is 0 Å². The summed E-state index contributed by atoms with van der Waals surface area (Å²) in [6, 6.07) is 11.5. The number of benzene rings is 2. The number of piperidine rings is 1. The van der Waals surface area contributed by atoms with Crippen LogP contribution in [-0.4, -0.2) is 24.0 Å². The van der Waals surface area contributed by atoms with Crippen molar-refractivity contribution < 1.29 is 13.6 Å². The molecule has 1 aliphatic heterocycles. The van der Waals surface area contributed by atoms with Gasteiger partial charge < -0.3 is 10.6 Å². The van der Waals surface area contributed by atoms with Crippen LogP contribution in [0.15, 0.2) is 36.4 Å². The van der Waals surface area contributed by atoms with Crippen LogP contribution in [0.25, 0.3) is 11.1 Å². The van der Waals surface area contributed by atoms with Gasteiger partial charge in [-0.25, -0.2) is 8.78 Å². The Bertz CT molecular complexity index is 1100. The third kappa shape index (κ3) is 4.15. The van der Waals surface area contributed by atoms with E-state index in [0.717, 1.165) is 12.8 Å². The molecule has 2 aromatic rings. The number of carbonyl (C=O) groups excluding carboxylic acids is 1. The number of halogens is 2. The fraction of sp³-hybridized carbons (Fsp3) is 0.375. The first-order valence-electron chi connectivity index (χ1n) is 10.3. The van der Waals surface area contributed by atoms with E-state index in [1.165, 1.54) is 24.3 Å². The maximum atomic E-state index is 14.7. The number of nitrogens with zero attached hydrogens (tertiary/aromatic N) is 2. The molecule has 5 nitrogen and oxygen atoms in total. The highest BCUT2D eigenvalue weighted by Gasteiger charge is 2.47. The van der Waals surface area contributed by atoms with Gasteiger partial charge in [-0.2, -0.15) is 10.5 Å². The number of hydrogen-bond donors (Lipinski definition) is 2. The Kier molecular flexibility index (Phi) is 5.71. The number of nitrogens with one attached hydrogen (secondary N) is 2. The number of nitriles is 2. The molecule has 4 unspecified atom stereocenters. The fourth-order valence-electron chi connectivity index (χ4n) is 4.82. The zero-order valence-corrected chi connectivity index (χ0v) is 17.0. The highest BCUT2D eigenvalue weighted by atomic mass is 19.1. The monoisotopic (exact) mass is 420 g/mol. The summed E-state index contributed by atoms with van der Waals surface area (Å²) < 4.78 is 28.6. The second-order valence-electron chi connectivity index (χ2n) is 8.46. The molecule has 1 saturated heterocycles. The Morgan fingerprint density at radius 3 is 2.45 bits per heavy atom. The van der Waals surface area contributed by atoms with Gasteiger partial charge >= 0.3 is 0 Å². The Hall–Kier alpha value is -3.29. The normalized spacial score (nSPS) is 24.9. The molecule has 2 aliphatic rings. The van der Waals surface area contributed by atoms with Gasteiger partial charge in [-0.1, -0.05) is 25.1 Å². The smallest absolute Gasteiger partial charge is 0.238 e. The maximum absolute atomic E-state index is 14.7. The molecule has 1 heterocycles. The van der Waals surface area contributed by atoms with Crippen LogP contribution < -0.4 is 10.6 Å². The van der Waals surface area contributed by atoms with Crippen LogP contribution in [0.2, 0.25) is 0 Å². The second-order valence-corrected chi connectivity index (χ2v) is 8.46. The highest BCUT2D eigenvalue weighted by Crippen LogP contribution is 2.40. The van der Waals surface area contributed by atoms with Gasteiger partial charge in [-0.3, -0.25) is 4.79 Å². The number of rotatable bonds is 5. The van der Waals surface area contributed by atoms with Crippen LogP contribution in [0.5, 0.6) is 0 Å². The van der Waals surface area contributed by atoms with Gasteiger partial charge in [0.1, 0.15) is 23.7 Å². The summed E-state index contributed by atoms with van der Waals surface area (Å²) in [5, 5.41) is 24.4. The SMILES string of the molecule is CC1CC2CC1C(C(=O)N[C@H](C#N)Cc1ccc(-c3ccc(C#N)c(F)c3)cc1F)N2. The average molecular weight is 420 g/mol. The molecule has 158 valence electrons. The fourth-order valence-corrected chi connectivity index (χ4v) is 4.82. The number of amides is 1. The summed E-state index contributed by atoms with van der Waals surface area (Å²) in [6.45, 7) is 2.14. The Morgan fingerprint density at radius 1 is 1.16 bits per heavy atom. The third-order valence-corrected chi connectivity index (χ3v) is 6.44. The number of carbonyl (C=O) groups is 1. The van der Waals surface area contributed by atoms with Crippen molar-refractivity contribution >= 4 is 5.91 Å². The first-order valence-corrected chi connectivity index (χ1v) is 10.3. The van der Waals surface area contributed by atoms with Crippen molar-refractivity contribution in [3.05, 3.63) is 59.2 Å². The highest BCUT2D eigenvalue weighted by molar-refractivity contribution is 5.83. The lowest BCUT2D eigenvalue weighted by atomic mass is 9.89. The van der Waals surface area contributed by atoms with E-state index in [4.69, 9.17) is 5.26 Å². The topological polar surface area (TPSA) is 88.7 Å². The Labute approximate surface area is 179 Å². The zero-order valence-electron chi connectivity index (χ0n) is 17.0. The van der Waals surface area contributed by atoms with Crippen molar-refractivity contribution in [2.45, 2.75) is 44.3 Å². The molecule has 0 aromatic heterocycles. The Balaban J connectivity index is 1.44. The summed E-state index contributed by atoms with van der Waals surface area (Å²) in [7, 11) is 0. The van der Waals surface area contributed by atoms with E-state index in [1.807, 2.05) is 6.07 Å². The second kappa shape index (κ2) is 8.45. The minimum Gasteiger partial charge on any atom is -0.339 e. The maximum Gasteiger partial charge on any atom is 0.238 e. The molecule has 2 bridgehead atoms. The molecule has 7 heteroatoms. The summed E-state index contributed by atoms with van der Waals surface area (Å²) in [5.74, 6) is -0.674. The minimum atomic E-state index is -0.851. The lowest BCUT2D eigenvalue weighted by molar-refractivity contribution is -0.124. The third-order valence-electron chi connectivity index (χ3n) is 6.44. The predicted molar refractivity (Wildman–Crippen MR) is 110 cm³/mol. The van der Waals surface area contributed by atoms with E-state index in [-0.39, 0.29) is 29.9 Å². The van der Waals surface area contributed by atoms with Crippen LogP contribution in [-0.2, 0) is 11.2 Å². The standard InChI is InChI=1S/C24H22F2N4O/c1-13-6-18-10-20(13)23(29-18)24(31)30-19(12-28)7-16-4-2-14(8-21(16)25)15-3-5-17(11-27)22(26)9-15/h2-5,8-9,13,18-20,23,29H,6-7,10H2,1H3,(H,30,31)/t13?,18?,19-,20?,23?/m0/s1. The van der Waals surface area contributed by atoms with Crippen molar-refractivity contribution in [1.29, 1.82) is 10.5 Å². The number of fused-ring (bicyclic) bond motifs is 2. The van der Waals surface area contributed by atoms with E-state index in [1.54, 1.807) is 18.2 Å². The van der Waals surface area contributed by atoms with Gasteiger partial charge in [0.2, 0.25) is 5.91 Å². The van der Waals surface area contributed by atoms with E-state index in [0.29, 0.717) is 28.7 Å². The molecule has 2 aromatic carbocycles. The van der Waals surface area contributed by atoms with Crippen molar-refractivity contribution in [3.63, 3.8) is 0 Å². The molecule has 5 atom stereocenters. The largest absolute Gasteiger partial charge is 0.339 e. The lowest BCUT2D eigenvalue weighted by Crippen LogP contribution is -2.52. The molecule has 0 radical (unpaired) electrons. The lowest BCUT2D eigenvalue weighted by Gasteiger charge is -2.28. The van der Waals surface area contributed by atoms with Crippen LogP contribution in [0.4, 0.5) is 8.78 Å². The molecular formula is C24H22F2N4O. The van der Waals surface area contributed by atoms with Gasteiger partial charge in [0.05, 0.1) is 17.7 Å². The average Bonchev–Trinajstić information content (AvgIpc) is 3.34. The molecule has 1 amide bonds. The molecule has 2 fully saturated rings. The summed E-state index contributed by atoms with van der Waals surface area (Å²) in [4.78, 5) is 12.7. The predicted octanol–water partition coefficient (Wildman–Crippen LogP) is 3.44. The van der Waals surface area contributed by atoms with Crippen molar-refractivity contribution in [3.8, 4) is 23.3 Å². The molecule has 2 N–H and O–H groups in total. The van der Waals surface area contributed by atoms with Crippen LogP contribution in [0, 0.1) is 46.1 Å². The van der Waals surface area contributed by atoms with E-state index in [9.17, 15) is 18.8 Å². The van der Waals surface area contributed by atoms with Gasteiger partial charge in [0.25, 0.3) is 0 Å². The van der Waals surface area contributed by atoms with Gasteiger partial charge in [-0.05, 0) is 59.6 Å². The minimum absolute atomic E-state index is 0.0342. The van der Waals surface area contributed by atoms with Gasteiger partial charge in [-0.15, -0.1) is 0 Å². The van der Waals surface area contributed by atoms with Crippen LogP contribution >= 0.6 is 0 Å². The first kappa shape index (κ1) is 21.0. The van der Waals surface area contributed by atoms with Crippen molar-refractivity contribution in [1.82, 2.24) is 10.6 Å². The molecule has 4 rings (SSSR count). The molecule has 1 aliphatic carbocycles. The molecule has 31 heavy (non-hydrogen) atoms. The quantitative estimate of drug-likeness (QED) is 0.776. The van der Waals surface area contributed by atoms with E-state index < -0.39 is 17.7 Å². The van der Waals surface area contributed by atoms with Crippen LogP contribution in [0.3, 0.4) is 0 Å². The van der Waals surface area contributed by atoms with Crippen molar-refractivity contribution in [2.24, 2.45) is 11.8 Å². The summed E-state index contributed by atoms with van der Waals surface area (Å²) in [6.07, 6.45) is 2.08. The number of hydrogen-bond acceptors (Lipinski definition) is 4. The zero-order chi connectivity index (χ0) is 22.1. The van der Waals surface area contributed by atoms with Gasteiger partial charge in [0, 0.05) is 12.5 Å². The first-order chi connectivity index (χ1) is 14.9. The van der Waals surface area contributed by atoms with Crippen LogP contribution in [0.1, 0.15) is 30.9 Å². The summed E-state index contributed by atoms with van der Waals surface area (Å²) >= 11 is 0. The van der Waals surface area contributed by atoms with E-state index in [2.05, 4.69) is 17.6 Å². The molecule has 0 spiro atoms. The van der Waals surface area contributed by atoms with Crippen molar-refractivity contribution in [2.75, 3.05) is 0 Å². The van der Waals surface area contributed by atoms with Gasteiger partial charge in [0.15, 0.2) is 0 Å². The molecular weight excluding hydrogens is 398 g/mol. The molecule has 1 saturated carbocycles. The Morgan fingerprint density at radius 2 is 1.87 bits per heavy atom.